The predicted octanol–water partition coefficient (Wildman–Crippen LogP) is 3.99. The van der Waals surface area contributed by atoms with E-state index in [0.29, 0.717) is 10.6 Å². The predicted molar refractivity (Wildman–Crippen MR) is 76.7 cm³/mol. The quantitative estimate of drug-likeness (QED) is 0.753. The summed E-state index contributed by atoms with van der Waals surface area (Å²) >= 11 is 6.11. The van der Waals surface area contributed by atoms with Crippen molar-refractivity contribution >= 4 is 11.6 Å². The van der Waals surface area contributed by atoms with Crippen molar-refractivity contribution in [2.45, 2.75) is 40.2 Å². The van der Waals surface area contributed by atoms with E-state index in [1.54, 1.807) is 6.20 Å². The molecule has 18 heavy (non-hydrogen) atoms. The second-order valence-corrected chi connectivity index (χ2v) is 6.73. The molecule has 1 aromatic rings. The Bertz CT molecular complexity index is 390. The molecule has 0 radical (unpaired) electrons. The molecule has 0 aromatic carbocycles. The normalized spacial score (nSPS) is 19.1. The number of pyridine rings is 1. The highest BCUT2D eigenvalue weighted by Crippen LogP contribution is 2.34. The summed E-state index contributed by atoms with van der Waals surface area (Å²) < 4.78 is 0. The third-order valence-corrected chi connectivity index (χ3v) is 4.38. The van der Waals surface area contributed by atoms with E-state index in [1.165, 1.54) is 25.9 Å². The molecule has 0 bridgehead atoms. The number of hydrogen-bond donors (Lipinski definition) is 0. The molecule has 0 aliphatic carbocycles. The number of rotatable bonds is 2. The van der Waals surface area contributed by atoms with Gasteiger partial charge in [0.2, 0.25) is 0 Å². The maximum atomic E-state index is 6.11. The van der Waals surface area contributed by atoms with Crippen LogP contribution < -0.4 is 0 Å². The zero-order chi connectivity index (χ0) is 13.2. The summed E-state index contributed by atoms with van der Waals surface area (Å²) in [6, 6.07) is 4.04. The highest BCUT2D eigenvalue weighted by atomic mass is 35.5. The van der Waals surface area contributed by atoms with Crippen LogP contribution in [0.2, 0.25) is 5.15 Å². The fourth-order valence-electron chi connectivity index (χ4n) is 2.74. The SMILES string of the molecule is CC(C)(C)C1CCN(Cc2cccnc2Cl)CC1. The molecule has 3 heteroatoms. The molecule has 0 unspecified atom stereocenters. The molecule has 1 aromatic heterocycles. The van der Waals surface area contributed by atoms with Gasteiger partial charge in [0.15, 0.2) is 0 Å². The van der Waals surface area contributed by atoms with Crippen molar-refractivity contribution in [1.29, 1.82) is 0 Å². The van der Waals surface area contributed by atoms with Crippen LogP contribution in [0, 0.1) is 11.3 Å². The Morgan fingerprint density at radius 2 is 2.00 bits per heavy atom. The second-order valence-electron chi connectivity index (χ2n) is 6.37. The van der Waals surface area contributed by atoms with Crippen LogP contribution in [0.4, 0.5) is 0 Å². The van der Waals surface area contributed by atoms with Gasteiger partial charge in [0.25, 0.3) is 0 Å². The molecule has 0 saturated carbocycles. The van der Waals surface area contributed by atoms with Gasteiger partial charge in [0, 0.05) is 18.3 Å². The first-order chi connectivity index (χ1) is 8.47. The Hall–Kier alpha value is -0.600. The molecule has 1 aliphatic rings. The fraction of sp³-hybridized carbons (Fsp3) is 0.667. The van der Waals surface area contributed by atoms with E-state index in [4.69, 9.17) is 11.6 Å². The highest BCUT2D eigenvalue weighted by molar-refractivity contribution is 6.30. The van der Waals surface area contributed by atoms with E-state index in [9.17, 15) is 0 Å². The lowest BCUT2D eigenvalue weighted by molar-refractivity contribution is 0.108. The molecule has 100 valence electrons. The van der Waals surface area contributed by atoms with Crippen LogP contribution in [0.1, 0.15) is 39.2 Å². The van der Waals surface area contributed by atoms with E-state index in [0.717, 1.165) is 18.0 Å². The van der Waals surface area contributed by atoms with Crippen LogP contribution >= 0.6 is 11.6 Å². The average Bonchev–Trinajstić information content (AvgIpc) is 2.32. The minimum atomic E-state index is 0.442. The van der Waals surface area contributed by atoms with Gasteiger partial charge < -0.3 is 0 Å². The van der Waals surface area contributed by atoms with Crippen LogP contribution in [-0.2, 0) is 6.54 Å². The summed E-state index contributed by atoms with van der Waals surface area (Å²) in [7, 11) is 0. The molecule has 1 aliphatic heterocycles. The summed E-state index contributed by atoms with van der Waals surface area (Å²) in [5, 5.41) is 0.649. The molecule has 2 nitrogen and oxygen atoms in total. The molecular formula is C15H23ClN2. The van der Waals surface area contributed by atoms with Gasteiger partial charge in [-0.25, -0.2) is 4.98 Å². The molecule has 1 saturated heterocycles. The van der Waals surface area contributed by atoms with E-state index in [2.05, 4.69) is 36.7 Å². The van der Waals surface area contributed by atoms with Gasteiger partial charge >= 0.3 is 0 Å². The van der Waals surface area contributed by atoms with Crippen LogP contribution in [0.5, 0.6) is 0 Å². The summed E-state index contributed by atoms with van der Waals surface area (Å²) in [5.74, 6) is 0.845. The topological polar surface area (TPSA) is 16.1 Å². The molecular weight excluding hydrogens is 244 g/mol. The minimum Gasteiger partial charge on any atom is -0.299 e. The van der Waals surface area contributed by atoms with Crippen molar-refractivity contribution in [3.05, 3.63) is 29.0 Å². The Labute approximate surface area is 115 Å². The van der Waals surface area contributed by atoms with E-state index in [1.807, 2.05) is 6.07 Å². The number of nitrogens with zero attached hydrogens (tertiary/aromatic N) is 2. The van der Waals surface area contributed by atoms with Crippen LogP contribution in [-0.4, -0.2) is 23.0 Å². The second kappa shape index (κ2) is 5.58. The van der Waals surface area contributed by atoms with Crippen molar-refractivity contribution in [2.24, 2.45) is 11.3 Å². The van der Waals surface area contributed by atoms with Crippen molar-refractivity contribution in [1.82, 2.24) is 9.88 Å². The highest BCUT2D eigenvalue weighted by Gasteiger charge is 2.28. The Kier molecular flexibility index (Phi) is 4.29. The Morgan fingerprint density at radius 1 is 1.33 bits per heavy atom. The third kappa shape index (κ3) is 3.46. The lowest BCUT2D eigenvalue weighted by Crippen LogP contribution is -2.37. The molecule has 0 amide bonds. The zero-order valence-corrected chi connectivity index (χ0v) is 12.4. The van der Waals surface area contributed by atoms with Gasteiger partial charge in [-0.1, -0.05) is 38.4 Å². The molecule has 2 rings (SSSR count). The van der Waals surface area contributed by atoms with Crippen LogP contribution in [0.25, 0.3) is 0 Å². The lowest BCUT2D eigenvalue weighted by atomic mass is 9.75. The van der Waals surface area contributed by atoms with Gasteiger partial charge in [0.05, 0.1) is 0 Å². The first-order valence-corrected chi connectivity index (χ1v) is 7.16. The monoisotopic (exact) mass is 266 g/mol. The summed E-state index contributed by atoms with van der Waals surface area (Å²) in [6.45, 7) is 10.3. The van der Waals surface area contributed by atoms with Gasteiger partial charge in [-0.05, 0) is 43.3 Å². The Balaban J connectivity index is 1.90. The van der Waals surface area contributed by atoms with E-state index in [-0.39, 0.29) is 0 Å². The molecule has 0 N–H and O–H groups in total. The van der Waals surface area contributed by atoms with Crippen molar-refractivity contribution in [3.63, 3.8) is 0 Å². The maximum absolute atomic E-state index is 6.11. The summed E-state index contributed by atoms with van der Waals surface area (Å²) in [4.78, 5) is 6.63. The molecule has 1 fully saturated rings. The number of likely N-dealkylation sites (tertiary alicyclic amines) is 1. The van der Waals surface area contributed by atoms with Crippen LogP contribution in [0.15, 0.2) is 18.3 Å². The van der Waals surface area contributed by atoms with Gasteiger partial charge in [-0.2, -0.15) is 0 Å². The standard InChI is InChI=1S/C15H23ClN2/c1-15(2,3)13-6-9-18(10-7-13)11-12-5-4-8-17-14(12)16/h4-5,8,13H,6-7,9-11H2,1-3H3. The maximum Gasteiger partial charge on any atom is 0.133 e. The smallest absolute Gasteiger partial charge is 0.133 e. The van der Waals surface area contributed by atoms with Crippen molar-refractivity contribution in [3.8, 4) is 0 Å². The summed E-state index contributed by atoms with van der Waals surface area (Å²) in [5.41, 5.74) is 1.59. The number of piperidine rings is 1. The van der Waals surface area contributed by atoms with Gasteiger partial charge in [-0.15, -0.1) is 0 Å². The zero-order valence-electron chi connectivity index (χ0n) is 11.6. The lowest BCUT2D eigenvalue weighted by Gasteiger charge is -2.38. The molecule has 0 spiro atoms. The van der Waals surface area contributed by atoms with Crippen LogP contribution in [0.3, 0.4) is 0 Å². The van der Waals surface area contributed by atoms with Gasteiger partial charge in [-0.3, -0.25) is 4.90 Å². The Morgan fingerprint density at radius 3 is 2.56 bits per heavy atom. The number of aromatic nitrogens is 1. The first-order valence-electron chi connectivity index (χ1n) is 6.78. The van der Waals surface area contributed by atoms with E-state index < -0.39 is 0 Å². The van der Waals surface area contributed by atoms with Crippen molar-refractivity contribution in [2.75, 3.05) is 13.1 Å². The third-order valence-electron chi connectivity index (χ3n) is 4.04. The van der Waals surface area contributed by atoms with E-state index >= 15 is 0 Å². The largest absolute Gasteiger partial charge is 0.299 e. The molecule has 2 heterocycles. The average molecular weight is 267 g/mol. The number of halogens is 1. The summed E-state index contributed by atoms with van der Waals surface area (Å²) in [6.07, 6.45) is 4.33. The van der Waals surface area contributed by atoms with Crippen molar-refractivity contribution < 1.29 is 0 Å². The fourth-order valence-corrected chi connectivity index (χ4v) is 2.91. The minimum absolute atomic E-state index is 0.442. The number of hydrogen-bond acceptors (Lipinski definition) is 2. The first kappa shape index (κ1) is 13.8. The molecule has 0 atom stereocenters. The van der Waals surface area contributed by atoms with Gasteiger partial charge in [0.1, 0.15) is 5.15 Å².